The molecule has 3 rings (SSSR count). The van der Waals surface area contributed by atoms with Crippen molar-refractivity contribution in [2.24, 2.45) is 5.16 Å². The van der Waals surface area contributed by atoms with Gasteiger partial charge in [0, 0.05) is 23.0 Å². The molecule has 1 aromatic carbocycles. The van der Waals surface area contributed by atoms with E-state index in [2.05, 4.69) is 10.5 Å². The number of oxime groups is 1. The third-order valence-electron chi connectivity index (χ3n) is 3.85. The van der Waals surface area contributed by atoms with E-state index in [0.717, 1.165) is 24.1 Å². The molecule has 1 aliphatic carbocycles. The first kappa shape index (κ1) is 13.4. The molecule has 0 bridgehead atoms. The van der Waals surface area contributed by atoms with Crippen molar-refractivity contribution < 1.29 is 9.63 Å². The smallest absolute Gasteiger partial charge is 0.264 e. The van der Waals surface area contributed by atoms with Crippen molar-refractivity contribution in [2.75, 3.05) is 0 Å². The van der Waals surface area contributed by atoms with Gasteiger partial charge in [0.05, 0.1) is 5.71 Å². The summed E-state index contributed by atoms with van der Waals surface area (Å²) in [6, 6.07) is 7.77. The van der Waals surface area contributed by atoms with Gasteiger partial charge in [0.25, 0.3) is 5.91 Å². The van der Waals surface area contributed by atoms with Gasteiger partial charge in [0.15, 0.2) is 0 Å². The Morgan fingerprint density at radius 2 is 2.05 bits per heavy atom. The van der Waals surface area contributed by atoms with E-state index in [9.17, 15) is 4.79 Å². The molecule has 0 radical (unpaired) electrons. The van der Waals surface area contributed by atoms with Crippen molar-refractivity contribution in [1.29, 1.82) is 0 Å². The highest BCUT2D eigenvalue weighted by Crippen LogP contribution is 2.24. The predicted octanol–water partition coefficient (Wildman–Crippen LogP) is 2.89. The largest absolute Gasteiger partial charge is 0.382 e. The van der Waals surface area contributed by atoms with Gasteiger partial charge < -0.3 is 10.2 Å². The van der Waals surface area contributed by atoms with Crippen molar-refractivity contribution >= 4 is 23.2 Å². The second-order valence-electron chi connectivity index (χ2n) is 5.31. The molecule has 1 amide bonds. The van der Waals surface area contributed by atoms with Gasteiger partial charge in [0.1, 0.15) is 0 Å². The molecule has 20 heavy (non-hydrogen) atoms. The molecule has 2 aliphatic rings. The number of benzene rings is 1. The van der Waals surface area contributed by atoms with E-state index in [1.807, 2.05) is 24.3 Å². The van der Waals surface area contributed by atoms with Crippen LogP contribution in [0.1, 0.15) is 37.7 Å². The summed E-state index contributed by atoms with van der Waals surface area (Å²) >= 11 is 6.13. The number of hydrogen-bond donors (Lipinski definition) is 1. The highest BCUT2D eigenvalue weighted by molar-refractivity contribution is 6.34. The molecule has 1 aromatic rings. The number of halogens is 1. The van der Waals surface area contributed by atoms with Crippen molar-refractivity contribution in [3.63, 3.8) is 0 Å². The van der Waals surface area contributed by atoms with Gasteiger partial charge in [-0.05, 0) is 18.9 Å². The minimum atomic E-state index is -0.526. The van der Waals surface area contributed by atoms with Crippen molar-refractivity contribution in [3.8, 4) is 0 Å². The SMILES string of the molecule is O=C(NC1CCCC1)[C@H]1CC(c2ccccc2Cl)=NO1. The standard InChI is InChI=1S/C15H17ClN2O2/c16-12-8-4-3-7-11(12)13-9-14(20-18-13)15(19)17-10-5-1-2-6-10/h3-4,7-8,10,14H,1-2,5-6,9H2,(H,17,19)/t14-/m1/s1. The van der Waals surface area contributed by atoms with E-state index < -0.39 is 6.10 Å². The topological polar surface area (TPSA) is 50.7 Å². The minimum absolute atomic E-state index is 0.0669. The molecule has 1 atom stereocenters. The molecule has 1 heterocycles. The molecule has 1 saturated carbocycles. The zero-order chi connectivity index (χ0) is 13.9. The molecule has 1 fully saturated rings. The number of hydrogen-bond acceptors (Lipinski definition) is 3. The Balaban J connectivity index is 1.61. The summed E-state index contributed by atoms with van der Waals surface area (Å²) in [6.45, 7) is 0. The lowest BCUT2D eigenvalue weighted by atomic mass is 10.0. The first-order chi connectivity index (χ1) is 9.74. The van der Waals surface area contributed by atoms with E-state index in [1.165, 1.54) is 12.8 Å². The highest BCUT2D eigenvalue weighted by atomic mass is 35.5. The Kier molecular flexibility index (Phi) is 3.92. The first-order valence-electron chi connectivity index (χ1n) is 7.02. The normalized spacial score (nSPS) is 22.4. The summed E-state index contributed by atoms with van der Waals surface area (Å²) in [5.74, 6) is -0.0669. The Hall–Kier alpha value is -1.55. The van der Waals surface area contributed by atoms with Crippen LogP contribution in [0.5, 0.6) is 0 Å². The number of rotatable bonds is 3. The molecule has 0 spiro atoms. The van der Waals surface area contributed by atoms with Crippen LogP contribution in [0.3, 0.4) is 0 Å². The maximum atomic E-state index is 12.1. The van der Waals surface area contributed by atoms with Gasteiger partial charge in [-0.3, -0.25) is 4.79 Å². The van der Waals surface area contributed by atoms with Crippen LogP contribution in [0.25, 0.3) is 0 Å². The summed E-state index contributed by atoms with van der Waals surface area (Å²) in [6.07, 6.45) is 4.47. The second kappa shape index (κ2) is 5.83. The van der Waals surface area contributed by atoms with E-state index in [1.54, 1.807) is 0 Å². The number of nitrogens with one attached hydrogen (secondary N) is 1. The van der Waals surface area contributed by atoms with Crippen LogP contribution in [-0.4, -0.2) is 23.8 Å². The fourth-order valence-electron chi connectivity index (χ4n) is 2.74. The van der Waals surface area contributed by atoms with Gasteiger partial charge in [0.2, 0.25) is 6.10 Å². The Morgan fingerprint density at radius 3 is 2.80 bits per heavy atom. The number of carbonyl (C=O) groups is 1. The zero-order valence-corrected chi connectivity index (χ0v) is 11.9. The molecular weight excluding hydrogens is 276 g/mol. The zero-order valence-electron chi connectivity index (χ0n) is 11.1. The first-order valence-corrected chi connectivity index (χ1v) is 7.40. The van der Waals surface area contributed by atoms with E-state index in [0.29, 0.717) is 17.5 Å². The van der Waals surface area contributed by atoms with Crippen LogP contribution in [0.2, 0.25) is 5.02 Å². The van der Waals surface area contributed by atoms with E-state index >= 15 is 0 Å². The maximum Gasteiger partial charge on any atom is 0.264 e. The summed E-state index contributed by atoms with van der Waals surface area (Å²) in [4.78, 5) is 17.4. The molecule has 1 aliphatic heterocycles. The molecule has 4 nitrogen and oxygen atoms in total. The Bertz CT molecular complexity index is 538. The van der Waals surface area contributed by atoms with Gasteiger partial charge in [-0.15, -0.1) is 0 Å². The predicted molar refractivity (Wildman–Crippen MR) is 77.9 cm³/mol. The van der Waals surface area contributed by atoms with Gasteiger partial charge in [-0.1, -0.05) is 47.8 Å². The average Bonchev–Trinajstić information content (AvgIpc) is 3.10. The molecular formula is C15H17ClN2O2. The Labute approximate surface area is 123 Å². The fraction of sp³-hybridized carbons (Fsp3) is 0.467. The number of nitrogens with zero attached hydrogens (tertiary/aromatic N) is 1. The van der Waals surface area contributed by atoms with Crippen LogP contribution >= 0.6 is 11.6 Å². The van der Waals surface area contributed by atoms with Crippen LogP contribution in [0.4, 0.5) is 0 Å². The van der Waals surface area contributed by atoms with Crippen molar-refractivity contribution in [1.82, 2.24) is 5.32 Å². The summed E-state index contributed by atoms with van der Waals surface area (Å²) < 4.78 is 0. The highest BCUT2D eigenvalue weighted by Gasteiger charge is 2.31. The minimum Gasteiger partial charge on any atom is -0.382 e. The maximum absolute atomic E-state index is 12.1. The lowest BCUT2D eigenvalue weighted by Gasteiger charge is -2.14. The summed E-state index contributed by atoms with van der Waals surface area (Å²) in [5, 5.41) is 7.68. The third-order valence-corrected chi connectivity index (χ3v) is 4.18. The lowest BCUT2D eigenvalue weighted by molar-refractivity contribution is -0.131. The van der Waals surface area contributed by atoms with Crippen molar-refractivity contribution in [3.05, 3.63) is 34.9 Å². The van der Waals surface area contributed by atoms with Crippen LogP contribution < -0.4 is 5.32 Å². The Morgan fingerprint density at radius 1 is 1.30 bits per heavy atom. The molecule has 0 saturated heterocycles. The molecule has 0 unspecified atom stereocenters. The van der Waals surface area contributed by atoms with E-state index in [4.69, 9.17) is 16.4 Å². The second-order valence-corrected chi connectivity index (χ2v) is 5.71. The fourth-order valence-corrected chi connectivity index (χ4v) is 2.98. The van der Waals surface area contributed by atoms with Crippen molar-refractivity contribution in [2.45, 2.75) is 44.2 Å². The molecule has 1 N–H and O–H groups in total. The van der Waals surface area contributed by atoms with Crippen LogP contribution in [0, 0.1) is 0 Å². The monoisotopic (exact) mass is 292 g/mol. The number of carbonyl (C=O) groups excluding carboxylic acids is 1. The molecule has 0 aromatic heterocycles. The van der Waals surface area contributed by atoms with Crippen LogP contribution in [0.15, 0.2) is 29.4 Å². The lowest BCUT2D eigenvalue weighted by Crippen LogP contribution is -2.40. The third kappa shape index (κ3) is 2.80. The summed E-state index contributed by atoms with van der Waals surface area (Å²) in [5.41, 5.74) is 1.58. The quantitative estimate of drug-likeness (QED) is 0.931. The van der Waals surface area contributed by atoms with Crippen LogP contribution in [-0.2, 0) is 9.63 Å². The van der Waals surface area contributed by atoms with Gasteiger partial charge in [-0.25, -0.2) is 0 Å². The molecule has 5 heteroatoms. The number of amides is 1. The van der Waals surface area contributed by atoms with E-state index in [-0.39, 0.29) is 5.91 Å². The molecule has 106 valence electrons. The van der Waals surface area contributed by atoms with Gasteiger partial charge >= 0.3 is 0 Å². The van der Waals surface area contributed by atoms with Gasteiger partial charge in [-0.2, -0.15) is 0 Å². The average molecular weight is 293 g/mol. The summed E-state index contributed by atoms with van der Waals surface area (Å²) in [7, 11) is 0.